The van der Waals surface area contributed by atoms with Crippen LogP contribution in [0, 0.1) is 0 Å². The van der Waals surface area contributed by atoms with Gasteiger partial charge in [-0.05, 0) is 14.0 Å². The van der Waals surface area contributed by atoms with Crippen molar-refractivity contribution in [1.29, 1.82) is 0 Å². The molecule has 0 aliphatic heterocycles. The summed E-state index contributed by atoms with van der Waals surface area (Å²) >= 11 is 0. The first kappa shape index (κ1) is 7.50. The number of hydrogen-bond donors (Lipinski definition) is 1. The monoisotopic (exact) mass is 115 g/mol. The minimum absolute atomic E-state index is 0.714. The average Bonchev–Trinajstić information content (AvgIpc) is 1.66. The van der Waals surface area contributed by atoms with Gasteiger partial charge in [-0.25, -0.2) is 0 Å². The molecule has 0 aromatic carbocycles. The second kappa shape index (κ2) is 4.65. The fourth-order valence-electron chi connectivity index (χ4n) is 0.327. The highest BCUT2D eigenvalue weighted by Gasteiger charge is 1.81. The summed E-state index contributed by atoms with van der Waals surface area (Å²) in [4.78, 5) is 0. The molecule has 0 saturated carbocycles. The van der Waals surface area contributed by atoms with Crippen LogP contribution >= 0.6 is 0 Å². The first-order chi connectivity index (χ1) is 3.77. The van der Waals surface area contributed by atoms with Crippen LogP contribution in [0.5, 0.6) is 0 Å². The van der Waals surface area contributed by atoms with E-state index in [4.69, 9.17) is 4.74 Å². The Hall–Kier alpha value is -0.500. The Morgan fingerprint density at radius 1 is 1.75 bits per heavy atom. The van der Waals surface area contributed by atoms with Crippen LogP contribution < -0.4 is 5.32 Å². The van der Waals surface area contributed by atoms with Crippen molar-refractivity contribution in [2.75, 3.05) is 20.2 Å². The standard InChI is InChI=1S/C6H13NO/c1-6(2)8-5-4-7-3/h7H,1,4-5H2,2-3H3. The Bertz CT molecular complexity index is 70.9. The lowest BCUT2D eigenvalue weighted by Gasteiger charge is -2.01. The van der Waals surface area contributed by atoms with E-state index in [1.807, 2.05) is 14.0 Å². The van der Waals surface area contributed by atoms with Gasteiger partial charge in [0.15, 0.2) is 0 Å². The molecule has 0 fully saturated rings. The summed E-state index contributed by atoms with van der Waals surface area (Å²) in [6, 6.07) is 0. The Morgan fingerprint density at radius 3 is 2.75 bits per heavy atom. The van der Waals surface area contributed by atoms with Crippen LogP contribution in [0.25, 0.3) is 0 Å². The van der Waals surface area contributed by atoms with E-state index in [-0.39, 0.29) is 0 Å². The van der Waals surface area contributed by atoms with Crippen LogP contribution in [0.2, 0.25) is 0 Å². The van der Waals surface area contributed by atoms with E-state index in [0.717, 1.165) is 12.3 Å². The van der Waals surface area contributed by atoms with Crippen molar-refractivity contribution in [3.05, 3.63) is 12.3 Å². The van der Waals surface area contributed by atoms with Crippen molar-refractivity contribution in [1.82, 2.24) is 5.32 Å². The number of ether oxygens (including phenoxy) is 1. The van der Waals surface area contributed by atoms with Crippen LogP contribution in [0.3, 0.4) is 0 Å². The predicted molar refractivity (Wildman–Crippen MR) is 34.7 cm³/mol. The van der Waals surface area contributed by atoms with Gasteiger partial charge in [0.2, 0.25) is 0 Å². The van der Waals surface area contributed by atoms with Gasteiger partial charge >= 0.3 is 0 Å². The van der Waals surface area contributed by atoms with Crippen molar-refractivity contribution in [3.63, 3.8) is 0 Å². The zero-order valence-electron chi connectivity index (χ0n) is 5.53. The molecular formula is C6H13NO. The summed E-state index contributed by atoms with van der Waals surface area (Å²) in [7, 11) is 1.89. The van der Waals surface area contributed by atoms with Crippen LogP contribution in [0.1, 0.15) is 6.92 Å². The molecule has 0 atom stereocenters. The third-order valence-electron chi connectivity index (χ3n) is 0.701. The lowest BCUT2D eigenvalue weighted by molar-refractivity contribution is 0.218. The van der Waals surface area contributed by atoms with Gasteiger partial charge in [-0.15, -0.1) is 0 Å². The van der Waals surface area contributed by atoms with E-state index in [1.165, 1.54) is 0 Å². The summed E-state index contributed by atoms with van der Waals surface area (Å²) in [6.07, 6.45) is 0. The Morgan fingerprint density at radius 2 is 2.38 bits per heavy atom. The van der Waals surface area contributed by atoms with E-state index in [9.17, 15) is 0 Å². The second-order valence-corrected chi connectivity index (χ2v) is 1.65. The second-order valence-electron chi connectivity index (χ2n) is 1.65. The highest BCUT2D eigenvalue weighted by atomic mass is 16.5. The van der Waals surface area contributed by atoms with Crippen molar-refractivity contribution in [3.8, 4) is 0 Å². The van der Waals surface area contributed by atoms with Crippen molar-refractivity contribution < 1.29 is 4.74 Å². The molecule has 0 radical (unpaired) electrons. The van der Waals surface area contributed by atoms with E-state index in [2.05, 4.69) is 11.9 Å². The summed E-state index contributed by atoms with van der Waals surface area (Å²) in [5, 5.41) is 2.96. The van der Waals surface area contributed by atoms with Gasteiger partial charge < -0.3 is 10.1 Å². The maximum atomic E-state index is 5.03. The average molecular weight is 115 g/mol. The first-order valence-electron chi connectivity index (χ1n) is 2.70. The molecule has 8 heavy (non-hydrogen) atoms. The zero-order chi connectivity index (χ0) is 6.41. The van der Waals surface area contributed by atoms with Crippen molar-refractivity contribution >= 4 is 0 Å². The fraction of sp³-hybridized carbons (Fsp3) is 0.667. The molecule has 2 heteroatoms. The molecular weight excluding hydrogens is 102 g/mol. The maximum Gasteiger partial charge on any atom is 0.100 e. The number of hydrogen-bond acceptors (Lipinski definition) is 2. The number of rotatable bonds is 4. The van der Waals surface area contributed by atoms with E-state index in [1.54, 1.807) is 0 Å². The topological polar surface area (TPSA) is 21.3 Å². The van der Waals surface area contributed by atoms with E-state index in [0.29, 0.717) is 6.61 Å². The molecule has 0 aromatic heterocycles. The molecule has 0 amide bonds. The third kappa shape index (κ3) is 5.50. The smallest absolute Gasteiger partial charge is 0.100 e. The molecule has 1 N–H and O–H groups in total. The van der Waals surface area contributed by atoms with Gasteiger partial charge in [-0.2, -0.15) is 0 Å². The zero-order valence-corrected chi connectivity index (χ0v) is 5.53. The molecule has 0 heterocycles. The van der Waals surface area contributed by atoms with Gasteiger partial charge in [-0.3, -0.25) is 0 Å². The summed E-state index contributed by atoms with van der Waals surface area (Å²) in [5.41, 5.74) is 0. The molecule has 0 bridgehead atoms. The lowest BCUT2D eigenvalue weighted by Crippen LogP contribution is -2.13. The maximum absolute atomic E-state index is 5.03. The van der Waals surface area contributed by atoms with Crippen LogP contribution in [0.4, 0.5) is 0 Å². The number of nitrogens with one attached hydrogen (secondary N) is 1. The molecule has 0 spiro atoms. The largest absolute Gasteiger partial charge is 0.498 e. The normalized spacial score (nSPS) is 8.75. The van der Waals surface area contributed by atoms with Gasteiger partial charge in [0.25, 0.3) is 0 Å². The van der Waals surface area contributed by atoms with Crippen LogP contribution in [-0.4, -0.2) is 20.2 Å². The highest BCUT2D eigenvalue weighted by molar-refractivity contribution is 4.73. The first-order valence-corrected chi connectivity index (χ1v) is 2.70. The van der Waals surface area contributed by atoms with E-state index >= 15 is 0 Å². The van der Waals surface area contributed by atoms with Crippen molar-refractivity contribution in [2.24, 2.45) is 0 Å². The molecule has 0 aromatic rings. The lowest BCUT2D eigenvalue weighted by atomic mass is 10.6. The molecule has 0 aliphatic rings. The Balaban J connectivity index is 2.82. The summed E-state index contributed by atoms with van der Waals surface area (Å²) in [5.74, 6) is 0.778. The van der Waals surface area contributed by atoms with Crippen molar-refractivity contribution in [2.45, 2.75) is 6.92 Å². The quantitative estimate of drug-likeness (QED) is 0.431. The molecule has 48 valence electrons. The summed E-state index contributed by atoms with van der Waals surface area (Å²) < 4.78 is 5.03. The summed E-state index contributed by atoms with van der Waals surface area (Å²) in [6.45, 7) is 7.02. The van der Waals surface area contributed by atoms with Crippen LogP contribution in [-0.2, 0) is 4.74 Å². The minimum atomic E-state index is 0.714. The Kier molecular flexibility index (Phi) is 4.36. The Labute approximate surface area is 50.5 Å². The fourth-order valence-corrected chi connectivity index (χ4v) is 0.327. The SMILES string of the molecule is C=C(C)OCCNC. The van der Waals surface area contributed by atoms with Gasteiger partial charge in [0.05, 0.1) is 5.76 Å². The van der Waals surface area contributed by atoms with Crippen LogP contribution in [0.15, 0.2) is 12.3 Å². The van der Waals surface area contributed by atoms with Gasteiger partial charge in [0, 0.05) is 6.54 Å². The molecule has 0 rings (SSSR count). The predicted octanol–water partition coefficient (Wildman–Crippen LogP) is 0.756. The molecule has 2 nitrogen and oxygen atoms in total. The van der Waals surface area contributed by atoms with Gasteiger partial charge in [0.1, 0.15) is 6.61 Å². The number of likely N-dealkylation sites (N-methyl/N-ethyl adjacent to an activating group) is 1. The number of allylic oxidation sites excluding steroid dienone is 1. The molecule has 0 aliphatic carbocycles. The third-order valence-corrected chi connectivity index (χ3v) is 0.701. The molecule has 0 saturated heterocycles. The molecule has 0 unspecified atom stereocenters. The highest BCUT2D eigenvalue weighted by Crippen LogP contribution is 1.86. The minimum Gasteiger partial charge on any atom is -0.498 e. The van der Waals surface area contributed by atoms with E-state index < -0.39 is 0 Å². The van der Waals surface area contributed by atoms with Gasteiger partial charge in [-0.1, -0.05) is 6.58 Å².